The van der Waals surface area contributed by atoms with Crippen LogP contribution in [0.4, 0.5) is 19.0 Å². The van der Waals surface area contributed by atoms with Crippen LogP contribution in [0.15, 0.2) is 47.1 Å². The summed E-state index contributed by atoms with van der Waals surface area (Å²) in [4.78, 5) is 15.8. The number of benzene rings is 1. The van der Waals surface area contributed by atoms with Crippen molar-refractivity contribution in [3.63, 3.8) is 0 Å². The summed E-state index contributed by atoms with van der Waals surface area (Å²) in [6.07, 6.45) is -3.16. The third-order valence-corrected chi connectivity index (χ3v) is 2.93. The Kier molecular flexibility index (Phi) is 4.08. The molecule has 0 atom stereocenters. The molecule has 0 bridgehead atoms. The van der Waals surface area contributed by atoms with Crippen molar-refractivity contribution in [2.24, 2.45) is 0 Å². The molecule has 1 amide bonds. The number of alkyl halides is 3. The van der Waals surface area contributed by atoms with Crippen LogP contribution in [0.2, 0.25) is 0 Å². The van der Waals surface area contributed by atoms with Crippen LogP contribution in [0.3, 0.4) is 0 Å². The van der Waals surface area contributed by atoms with Crippen molar-refractivity contribution >= 4 is 27.7 Å². The number of pyridine rings is 1. The average Bonchev–Trinajstić information content (AvgIpc) is 2.37. The first-order chi connectivity index (χ1) is 9.38. The lowest BCUT2D eigenvalue weighted by Crippen LogP contribution is -2.19. The third kappa shape index (κ3) is 3.36. The first-order valence-electron chi connectivity index (χ1n) is 5.47. The minimum absolute atomic E-state index is 0.168. The second kappa shape index (κ2) is 5.62. The van der Waals surface area contributed by atoms with E-state index in [1.54, 1.807) is 6.07 Å². The zero-order valence-electron chi connectivity index (χ0n) is 9.91. The van der Waals surface area contributed by atoms with E-state index in [2.05, 4.69) is 26.2 Å². The van der Waals surface area contributed by atoms with Gasteiger partial charge in [0, 0.05) is 10.7 Å². The Hall–Kier alpha value is -1.89. The number of amides is 1. The number of aromatic nitrogens is 1. The molecule has 1 heterocycles. The van der Waals surface area contributed by atoms with Crippen LogP contribution >= 0.6 is 15.9 Å². The number of hydrogen-bond acceptors (Lipinski definition) is 2. The minimum Gasteiger partial charge on any atom is -0.307 e. The molecule has 0 radical (unpaired) electrons. The van der Waals surface area contributed by atoms with Crippen molar-refractivity contribution in [3.05, 3.63) is 58.2 Å². The number of carbonyl (C=O) groups excluding carboxylic acids is 1. The molecule has 1 aromatic carbocycles. The molecule has 20 heavy (non-hydrogen) atoms. The molecular formula is C13H8BrF3N2O. The monoisotopic (exact) mass is 344 g/mol. The van der Waals surface area contributed by atoms with Gasteiger partial charge in [-0.25, -0.2) is 4.98 Å². The number of nitrogens with zero attached hydrogens (tertiary/aromatic N) is 1. The van der Waals surface area contributed by atoms with Gasteiger partial charge in [-0.15, -0.1) is 0 Å². The van der Waals surface area contributed by atoms with E-state index in [-0.39, 0.29) is 5.82 Å². The van der Waals surface area contributed by atoms with Crippen molar-refractivity contribution in [2.75, 3.05) is 5.32 Å². The van der Waals surface area contributed by atoms with E-state index in [0.717, 1.165) is 12.1 Å². The Bertz CT molecular complexity index is 644. The van der Waals surface area contributed by atoms with E-state index >= 15 is 0 Å². The summed E-state index contributed by atoms with van der Waals surface area (Å²) in [7, 11) is 0. The van der Waals surface area contributed by atoms with Crippen molar-refractivity contribution in [1.82, 2.24) is 4.98 Å². The SMILES string of the molecule is O=C(Nc1cc(Br)ccn1)c1ccccc1C(F)(F)F. The number of halogens is 4. The van der Waals surface area contributed by atoms with E-state index in [1.165, 1.54) is 24.4 Å². The smallest absolute Gasteiger partial charge is 0.307 e. The van der Waals surface area contributed by atoms with Gasteiger partial charge in [-0.3, -0.25) is 4.79 Å². The maximum absolute atomic E-state index is 12.8. The Morgan fingerprint density at radius 3 is 2.55 bits per heavy atom. The Morgan fingerprint density at radius 2 is 1.90 bits per heavy atom. The summed E-state index contributed by atoms with van der Waals surface area (Å²) >= 11 is 3.18. The van der Waals surface area contributed by atoms with Gasteiger partial charge in [0.05, 0.1) is 11.1 Å². The Balaban J connectivity index is 2.31. The van der Waals surface area contributed by atoms with Gasteiger partial charge in [-0.1, -0.05) is 28.1 Å². The predicted molar refractivity (Wildman–Crippen MR) is 71.3 cm³/mol. The fourth-order valence-electron chi connectivity index (χ4n) is 1.59. The minimum atomic E-state index is -4.58. The maximum atomic E-state index is 12.8. The van der Waals surface area contributed by atoms with Gasteiger partial charge >= 0.3 is 6.18 Å². The zero-order chi connectivity index (χ0) is 14.8. The van der Waals surface area contributed by atoms with Gasteiger partial charge in [-0.05, 0) is 24.3 Å². The summed E-state index contributed by atoms with van der Waals surface area (Å²) < 4.78 is 39.1. The largest absolute Gasteiger partial charge is 0.417 e. The van der Waals surface area contributed by atoms with Crippen molar-refractivity contribution in [2.45, 2.75) is 6.18 Å². The standard InChI is InChI=1S/C13H8BrF3N2O/c14-8-5-6-18-11(7-8)19-12(20)9-3-1-2-4-10(9)13(15,16)17/h1-7H,(H,18,19,20). The van der Waals surface area contributed by atoms with Gasteiger partial charge in [0.25, 0.3) is 5.91 Å². The lowest BCUT2D eigenvalue weighted by molar-refractivity contribution is -0.137. The zero-order valence-corrected chi connectivity index (χ0v) is 11.5. The Morgan fingerprint density at radius 1 is 1.20 bits per heavy atom. The van der Waals surface area contributed by atoms with Crippen molar-refractivity contribution < 1.29 is 18.0 Å². The van der Waals surface area contributed by atoms with Crippen LogP contribution in [0.1, 0.15) is 15.9 Å². The normalized spacial score (nSPS) is 11.2. The topological polar surface area (TPSA) is 42.0 Å². The fraction of sp³-hybridized carbons (Fsp3) is 0.0769. The van der Waals surface area contributed by atoms with E-state index < -0.39 is 23.2 Å². The summed E-state index contributed by atoms with van der Waals surface area (Å²) in [5.74, 6) is -0.690. The predicted octanol–water partition coefficient (Wildman–Crippen LogP) is 4.12. The van der Waals surface area contributed by atoms with Crippen LogP contribution in [-0.2, 0) is 6.18 Å². The highest BCUT2D eigenvalue weighted by Crippen LogP contribution is 2.32. The lowest BCUT2D eigenvalue weighted by atomic mass is 10.1. The molecule has 0 aliphatic carbocycles. The van der Waals surface area contributed by atoms with E-state index in [0.29, 0.717) is 4.47 Å². The molecule has 0 aliphatic rings. The molecular weight excluding hydrogens is 337 g/mol. The maximum Gasteiger partial charge on any atom is 0.417 e. The summed E-state index contributed by atoms with van der Waals surface area (Å²) in [5, 5.41) is 2.33. The highest BCUT2D eigenvalue weighted by Gasteiger charge is 2.34. The first-order valence-corrected chi connectivity index (χ1v) is 6.26. The number of carbonyl (C=O) groups is 1. The molecule has 7 heteroatoms. The second-order valence-electron chi connectivity index (χ2n) is 3.86. The van der Waals surface area contributed by atoms with Crippen LogP contribution in [0.25, 0.3) is 0 Å². The molecule has 3 nitrogen and oxygen atoms in total. The summed E-state index contributed by atoms with van der Waals surface area (Å²) in [6, 6.07) is 7.72. The van der Waals surface area contributed by atoms with E-state index in [1.807, 2.05) is 0 Å². The molecule has 0 spiro atoms. The molecule has 2 aromatic rings. The van der Waals surface area contributed by atoms with Crippen LogP contribution in [0.5, 0.6) is 0 Å². The quantitative estimate of drug-likeness (QED) is 0.890. The number of anilines is 1. The van der Waals surface area contributed by atoms with Gasteiger partial charge < -0.3 is 5.32 Å². The van der Waals surface area contributed by atoms with Gasteiger partial charge in [0.15, 0.2) is 0 Å². The molecule has 0 fully saturated rings. The number of hydrogen-bond donors (Lipinski definition) is 1. The summed E-state index contributed by atoms with van der Waals surface area (Å²) in [5.41, 5.74) is -1.42. The first kappa shape index (κ1) is 14.5. The molecule has 0 saturated carbocycles. The van der Waals surface area contributed by atoms with Crippen molar-refractivity contribution in [3.8, 4) is 0 Å². The van der Waals surface area contributed by atoms with Gasteiger partial charge in [0.1, 0.15) is 5.82 Å². The molecule has 0 unspecified atom stereocenters. The van der Waals surface area contributed by atoms with Crippen molar-refractivity contribution in [1.29, 1.82) is 0 Å². The number of nitrogens with one attached hydrogen (secondary N) is 1. The summed E-state index contributed by atoms with van der Waals surface area (Å²) in [6.45, 7) is 0. The molecule has 1 N–H and O–H groups in total. The highest BCUT2D eigenvalue weighted by atomic mass is 79.9. The second-order valence-corrected chi connectivity index (χ2v) is 4.77. The van der Waals surface area contributed by atoms with E-state index in [9.17, 15) is 18.0 Å². The molecule has 0 aliphatic heterocycles. The van der Waals surface area contributed by atoms with Gasteiger partial charge in [-0.2, -0.15) is 13.2 Å². The van der Waals surface area contributed by atoms with Gasteiger partial charge in [0.2, 0.25) is 0 Å². The molecule has 104 valence electrons. The Labute approximate surface area is 121 Å². The third-order valence-electron chi connectivity index (χ3n) is 2.44. The van der Waals surface area contributed by atoms with Crippen LogP contribution < -0.4 is 5.32 Å². The lowest BCUT2D eigenvalue weighted by Gasteiger charge is -2.12. The molecule has 2 rings (SSSR count). The van der Waals surface area contributed by atoms with Crippen LogP contribution in [0, 0.1) is 0 Å². The average molecular weight is 345 g/mol. The molecule has 1 aromatic heterocycles. The molecule has 0 saturated heterocycles. The number of rotatable bonds is 2. The van der Waals surface area contributed by atoms with E-state index in [4.69, 9.17) is 0 Å². The fourth-order valence-corrected chi connectivity index (χ4v) is 1.92. The highest BCUT2D eigenvalue weighted by molar-refractivity contribution is 9.10. The van der Waals surface area contributed by atoms with Crippen LogP contribution in [-0.4, -0.2) is 10.9 Å².